The lowest BCUT2D eigenvalue weighted by molar-refractivity contribution is 0.416. The van der Waals surface area contributed by atoms with Gasteiger partial charge in [0.05, 0.1) is 18.6 Å². The van der Waals surface area contributed by atoms with Gasteiger partial charge in [-0.3, -0.25) is 0 Å². The van der Waals surface area contributed by atoms with E-state index in [2.05, 4.69) is 38.5 Å². The van der Waals surface area contributed by atoms with Crippen molar-refractivity contribution in [1.29, 1.82) is 0 Å². The lowest BCUT2D eigenvalue weighted by Crippen LogP contribution is -1.98. The quantitative estimate of drug-likeness (QED) is 0.875. The average Bonchev–Trinajstić information content (AvgIpc) is 2.38. The molecule has 3 nitrogen and oxygen atoms in total. The third-order valence-corrected chi connectivity index (χ3v) is 3.26. The van der Waals surface area contributed by atoms with Gasteiger partial charge in [-0.15, -0.1) is 0 Å². The largest absolute Gasteiger partial charge is 0.496 e. The first kappa shape index (κ1) is 13.4. The van der Waals surface area contributed by atoms with E-state index >= 15 is 0 Å². The molecule has 94 valence electrons. The smallest absolute Gasteiger partial charge is 0.138 e. The molecule has 0 N–H and O–H groups in total. The number of nitrogens with zero attached hydrogens (tertiary/aromatic N) is 2. The summed E-state index contributed by atoms with van der Waals surface area (Å²) >= 11 is 7.68. The number of ether oxygens (including phenoxy) is 1. The Hall–Kier alpha value is -1.07. The van der Waals surface area contributed by atoms with Crippen LogP contribution in [0.3, 0.4) is 0 Å². The van der Waals surface area contributed by atoms with Crippen LogP contribution < -0.4 is 4.74 Å². The van der Waals surface area contributed by atoms with Crippen LogP contribution in [-0.4, -0.2) is 17.1 Å². The fourth-order valence-corrected chi connectivity index (χ4v) is 2.22. The van der Waals surface area contributed by atoms with Gasteiger partial charge in [-0.25, -0.2) is 9.97 Å². The average molecular weight is 325 g/mol. The second kappa shape index (κ2) is 5.71. The molecule has 0 bridgehead atoms. The highest BCUT2D eigenvalue weighted by Gasteiger charge is 2.10. The van der Waals surface area contributed by atoms with Crippen LogP contribution in [0.1, 0.15) is 11.5 Å². The first-order valence-electron chi connectivity index (χ1n) is 5.43. The maximum Gasteiger partial charge on any atom is 0.138 e. The van der Waals surface area contributed by atoms with Crippen molar-refractivity contribution in [3.8, 4) is 17.0 Å². The van der Waals surface area contributed by atoms with E-state index in [9.17, 15) is 0 Å². The molecule has 0 saturated heterocycles. The number of methoxy groups -OCH3 is 1. The molecule has 0 amide bonds. The van der Waals surface area contributed by atoms with Crippen LogP contribution in [-0.2, 0) is 5.75 Å². The minimum Gasteiger partial charge on any atom is -0.496 e. The molecule has 0 spiro atoms. The van der Waals surface area contributed by atoms with Crippen LogP contribution in [0.4, 0.5) is 0 Å². The standard InChI is InChI=1S/C13H13BrN2OS/c1-8-5-11(16-13(7-18)15-8)10-6-9(14)3-4-12(10)17-2/h3-6,18H,7H2,1-2H3. The van der Waals surface area contributed by atoms with Gasteiger partial charge in [0.15, 0.2) is 0 Å². The molecule has 2 aromatic rings. The normalized spacial score (nSPS) is 10.4. The van der Waals surface area contributed by atoms with E-state index in [1.54, 1.807) is 7.11 Å². The number of aryl methyl sites for hydroxylation is 1. The van der Waals surface area contributed by atoms with E-state index in [1.165, 1.54) is 0 Å². The molecule has 0 aliphatic carbocycles. The first-order valence-corrected chi connectivity index (χ1v) is 6.86. The van der Waals surface area contributed by atoms with E-state index in [0.717, 1.165) is 33.0 Å². The van der Waals surface area contributed by atoms with Gasteiger partial charge in [0, 0.05) is 15.7 Å². The van der Waals surface area contributed by atoms with Gasteiger partial charge in [-0.2, -0.15) is 12.6 Å². The van der Waals surface area contributed by atoms with Crippen molar-refractivity contribution in [3.63, 3.8) is 0 Å². The highest BCUT2D eigenvalue weighted by Crippen LogP contribution is 2.31. The third-order valence-electron chi connectivity index (χ3n) is 2.48. The molecule has 18 heavy (non-hydrogen) atoms. The Balaban J connectivity index is 2.60. The molecular formula is C13H13BrN2OS. The van der Waals surface area contributed by atoms with Crippen LogP contribution in [0.5, 0.6) is 5.75 Å². The summed E-state index contributed by atoms with van der Waals surface area (Å²) in [5.74, 6) is 2.03. The van der Waals surface area contributed by atoms with Crippen LogP contribution >= 0.6 is 28.6 Å². The maximum absolute atomic E-state index is 5.37. The van der Waals surface area contributed by atoms with Gasteiger partial charge in [0.2, 0.25) is 0 Å². The van der Waals surface area contributed by atoms with Gasteiger partial charge in [0.1, 0.15) is 11.6 Å². The van der Waals surface area contributed by atoms with Gasteiger partial charge in [-0.05, 0) is 31.2 Å². The predicted molar refractivity (Wildman–Crippen MR) is 79.1 cm³/mol. The molecule has 0 aliphatic rings. The van der Waals surface area contributed by atoms with Gasteiger partial charge >= 0.3 is 0 Å². The summed E-state index contributed by atoms with van der Waals surface area (Å²) in [5.41, 5.74) is 2.72. The Morgan fingerprint density at radius 1 is 1.28 bits per heavy atom. The molecule has 1 heterocycles. The zero-order valence-electron chi connectivity index (χ0n) is 10.1. The predicted octanol–water partition coefficient (Wildman–Crippen LogP) is 3.65. The highest BCUT2D eigenvalue weighted by atomic mass is 79.9. The second-order valence-electron chi connectivity index (χ2n) is 3.81. The van der Waals surface area contributed by atoms with Gasteiger partial charge in [-0.1, -0.05) is 15.9 Å². The Labute approximate surface area is 120 Å². The van der Waals surface area contributed by atoms with Crippen molar-refractivity contribution < 1.29 is 4.74 Å². The minimum atomic E-state index is 0.519. The summed E-state index contributed by atoms with van der Waals surface area (Å²) < 4.78 is 6.36. The lowest BCUT2D eigenvalue weighted by Gasteiger charge is -2.10. The number of hydrogen-bond acceptors (Lipinski definition) is 4. The second-order valence-corrected chi connectivity index (χ2v) is 5.05. The minimum absolute atomic E-state index is 0.519. The van der Waals surface area contributed by atoms with Crippen LogP contribution in [0, 0.1) is 6.92 Å². The summed E-state index contributed by atoms with van der Waals surface area (Å²) in [5, 5.41) is 0. The molecule has 0 saturated carbocycles. The zero-order chi connectivity index (χ0) is 13.1. The van der Waals surface area contributed by atoms with Crippen molar-refractivity contribution in [2.24, 2.45) is 0 Å². The fraction of sp³-hybridized carbons (Fsp3) is 0.231. The Morgan fingerprint density at radius 3 is 2.72 bits per heavy atom. The summed E-state index contributed by atoms with van der Waals surface area (Å²) in [7, 11) is 1.65. The molecule has 5 heteroatoms. The van der Waals surface area contributed by atoms with E-state index in [1.807, 2.05) is 31.2 Å². The van der Waals surface area contributed by atoms with Crippen molar-refractivity contribution in [2.45, 2.75) is 12.7 Å². The monoisotopic (exact) mass is 324 g/mol. The molecule has 0 unspecified atom stereocenters. The lowest BCUT2D eigenvalue weighted by atomic mass is 10.1. The van der Waals surface area contributed by atoms with E-state index in [4.69, 9.17) is 4.74 Å². The number of benzene rings is 1. The summed E-state index contributed by atoms with van der Waals surface area (Å²) in [6.45, 7) is 1.95. The number of hydrogen-bond donors (Lipinski definition) is 1. The van der Waals surface area contributed by atoms with Crippen LogP contribution in [0.2, 0.25) is 0 Å². The van der Waals surface area contributed by atoms with Crippen molar-refractivity contribution in [2.75, 3.05) is 7.11 Å². The van der Waals surface area contributed by atoms with E-state index in [0.29, 0.717) is 5.75 Å². The SMILES string of the molecule is COc1ccc(Br)cc1-c1cc(C)nc(CS)n1. The van der Waals surface area contributed by atoms with Crippen molar-refractivity contribution in [3.05, 3.63) is 40.3 Å². The number of halogens is 1. The topological polar surface area (TPSA) is 35.0 Å². The Bertz CT molecular complexity index is 575. The molecule has 1 aromatic heterocycles. The molecular weight excluding hydrogens is 312 g/mol. The molecule has 0 radical (unpaired) electrons. The van der Waals surface area contributed by atoms with E-state index < -0.39 is 0 Å². The first-order chi connectivity index (χ1) is 8.63. The molecule has 2 rings (SSSR count). The molecule has 1 aromatic carbocycles. The van der Waals surface area contributed by atoms with Crippen LogP contribution in [0.15, 0.2) is 28.7 Å². The number of rotatable bonds is 3. The Morgan fingerprint density at radius 2 is 2.06 bits per heavy atom. The summed E-state index contributed by atoms with van der Waals surface area (Å²) in [6.07, 6.45) is 0. The number of aromatic nitrogens is 2. The maximum atomic E-state index is 5.37. The molecule has 0 fully saturated rings. The summed E-state index contributed by atoms with van der Waals surface area (Å²) in [6, 6.07) is 7.78. The van der Waals surface area contributed by atoms with Crippen molar-refractivity contribution >= 4 is 28.6 Å². The zero-order valence-corrected chi connectivity index (χ0v) is 12.6. The highest BCUT2D eigenvalue weighted by molar-refractivity contribution is 9.10. The van der Waals surface area contributed by atoms with Crippen LogP contribution in [0.25, 0.3) is 11.3 Å². The number of thiol groups is 1. The third kappa shape index (κ3) is 2.84. The van der Waals surface area contributed by atoms with Crippen molar-refractivity contribution in [1.82, 2.24) is 9.97 Å². The van der Waals surface area contributed by atoms with E-state index in [-0.39, 0.29) is 0 Å². The fourth-order valence-electron chi connectivity index (χ4n) is 1.72. The molecule has 0 aliphatic heterocycles. The van der Waals surface area contributed by atoms with Gasteiger partial charge in [0.25, 0.3) is 0 Å². The van der Waals surface area contributed by atoms with Gasteiger partial charge < -0.3 is 4.74 Å². The summed E-state index contributed by atoms with van der Waals surface area (Å²) in [4.78, 5) is 8.80. The molecule has 0 atom stereocenters. The Kier molecular flexibility index (Phi) is 4.24.